The van der Waals surface area contributed by atoms with E-state index in [1.54, 1.807) is 0 Å². The van der Waals surface area contributed by atoms with E-state index in [1.165, 1.54) is 24.3 Å². The summed E-state index contributed by atoms with van der Waals surface area (Å²) in [5.41, 5.74) is 1.30. The summed E-state index contributed by atoms with van der Waals surface area (Å²) in [5, 5.41) is 5.07. The van der Waals surface area contributed by atoms with Crippen LogP contribution in [-0.2, 0) is 9.53 Å². The van der Waals surface area contributed by atoms with Gasteiger partial charge in [-0.25, -0.2) is 0 Å². The highest BCUT2D eigenvalue weighted by Crippen LogP contribution is 2.42. The summed E-state index contributed by atoms with van der Waals surface area (Å²) in [6, 6.07) is 9.90. The van der Waals surface area contributed by atoms with Crippen LogP contribution < -0.4 is 10.5 Å². The first-order valence-corrected chi connectivity index (χ1v) is 11.8. The van der Waals surface area contributed by atoms with Crippen molar-refractivity contribution in [2.75, 3.05) is 7.11 Å². The van der Waals surface area contributed by atoms with Gasteiger partial charge >= 0.3 is 5.97 Å². The van der Waals surface area contributed by atoms with Crippen molar-refractivity contribution in [2.45, 2.75) is 56.9 Å². The number of fused-ring (bicyclic) bond motifs is 2. The molecule has 0 spiro atoms. The predicted molar refractivity (Wildman–Crippen MR) is 92.2 cm³/mol. The van der Waals surface area contributed by atoms with Gasteiger partial charge in [0.1, 0.15) is 0 Å². The maximum atomic E-state index is 12.3. The van der Waals surface area contributed by atoms with Crippen molar-refractivity contribution in [2.24, 2.45) is 5.92 Å². The Bertz CT molecular complexity index is 549. The van der Waals surface area contributed by atoms with Crippen molar-refractivity contribution >= 4 is 19.2 Å². The summed E-state index contributed by atoms with van der Waals surface area (Å²) in [4.78, 5) is 12.3. The van der Waals surface area contributed by atoms with Gasteiger partial charge in [-0.1, -0.05) is 49.1 Å². The molecule has 2 aliphatic rings. The van der Waals surface area contributed by atoms with Crippen LogP contribution in [0.4, 0.5) is 0 Å². The van der Waals surface area contributed by atoms with E-state index in [0.29, 0.717) is 12.0 Å². The molecule has 0 aromatic heterocycles. The van der Waals surface area contributed by atoms with Gasteiger partial charge in [0.25, 0.3) is 0 Å². The molecule has 4 atom stereocenters. The molecule has 1 aromatic rings. The molecule has 0 aliphatic carbocycles. The number of benzene rings is 1. The third kappa shape index (κ3) is 2.86. The Kier molecular flexibility index (Phi) is 4.16. The molecule has 3 nitrogen and oxygen atoms in total. The van der Waals surface area contributed by atoms with Crippen molar-refractivity contribution in [3.63, 3.8) is 0 Å². The van der Waals surface area contributed by atoms with E-state index in [0.717, 1.165) is 12.8 Å². The molecule has 22 heavy (non-hydrogen) atoms. The van der Waals surface area contributed by atoms with E-state index in [-0.39, 0.29) is 17.9 Å². The van der Waals surface area contributed by atoms with E-state index in [1.807, 2.05) is 0 Å². The van der Waals surface area contributed by atoms with Crippen LogP contribution in [0.15, 0.2) is 24.3 Å². The minimum absolute atomic E-state index is 0.0403. The first-order chi connectivity index (χ1) is 10.4. The van der Waals surface area contributed by atoms with E-state index in [4.69, 9.17) is 4.74 Å². The molecule has 3 rings (SSSR count). The standard InChI is InChI=1S/C18H27NO2Si/c1-21-18(20)17-15(11-13-7-10-16(17)19-13)12-5-8-14(9-6-12)22(2,3)4/h5-6,8-9,13,15-17,19H,7,10-11H2,1-4H3/t13-,15+,16+,17-/m0/s1. The monoisotopic (exact) mass is 317 g/mol. The van der Waals surface area contributed by atoms with Gasteiger partial charge in [0.05, 0.1) is 21.1 Å². The van der Waals surface area contributed by atoms with E-state index < -0.39 is 8.07 Å². The Morgan fingerprint density at radius 1 is 1.18 bits per heavy atom. The van der Waals surface area contributed by atoms with Gasteiger partial charge in [0.15, 0.2) is 0 Å². The Morgan fingerprint density at radius 3 is 2.45 bits per heavy atom. The topological polar surface area (TPSA) is 38.3 Å². The van der Waals surface area contributed by atoms with Crippen LogP contribution in [0.5, 0.6) is 0 Å². The highest BCUT2D eigenvalue weighted by Gasteiger charge is 2.46. The fraction of sp³-hybridized carbons (Fsp3) is 0.611. The zero-order chi connectivity index (χ0) is 15.9. The Labute approximate surface area is 134 Å². The molecule has 1 aromatic carbocycles. The Balaban J connectivity index is 1.89. The minimum Gasteiger partial charge on any atom is -0.469 e. The fourth-order valence-electron chi connectivity index (χ4n) is 4.09. The average molecular weight is 318 g/mol. The molecule has 2 bridgehead atoms. The van der Waals surface area contributed by atoms with Crippen molar-refractivity contribution in [1.29, 1.82) is 0 Å². The minimum atomic E-state index is -1.27. The molecule has 2 fully saturated rings. The molecule has 0 saturated carbocycles. The van der Waals surface area contributed by atoms with Crippen LogP contribution in [0.2, 0.25) is 19.6 Å². The molecule has 0 unspecified atom stereocenters. The molecule has 2 heterocycles. The van der Waals surface area contributed by atoms with Crippen LogP contribution in [0, 0.1) is 5.92 Å². The lowest BCUT2D eigenvalue weighted by Crippen LogP contribution is -2.48. The van der Waals surface area contributed by atoms with Gasteiger partial charge in [0, 0.05) is 18.0 Å². The maximum absolute atomic E-state index is 12.3. The lowest BCUT2D eigenvalue weighted by Gasteiger charge is -2.36. The van der Waals surface area contributed by atoms with Gasteiger partial charge < -0.3 is 10.1 Å². The second kappa shape index (κ2) is 5.82. The summed E-state index contributed by atoms with van der Waals surface area (Å²) in [6.07, 6.45) is 3.32. The molecule has 4 heteroatoms. The van der Waals surface area contributed by atoms with Crippen LogP contribution in [0.1, 0.15) is 30.7 Å². The maximum Gasteiger partial charge on any atom is 0.310 e. The second-order valence-corrected chi connectivity index (χ2v) is 12.9. The summed E-state index contributed by atoms with van der Waals surface area (Å²) in [6.45, 7) is 7.10. The van der Waals surface area contributed by atoms with Crippen LogP contribution in [0.25, 0.3) is 0 Å². The number of nitrogens with one attached hydrogen (secondary N) is 1. The number of hydrogen-bond acceptors (Lipinski definition) is 3. The number of piperidine rings is 1. The first-order valence-electron chi connectivity index (χ1n) is 8.34. The lowest BCUT2D eigenvalue weighted by atomic mass is 9.77. The third-order valence-electron chi connectivity index (χ3n) is 5.36. The molecular formula is C18H27NO2Si. The summed E-state index contributed by atoms with van der Waals surface area (Å²) >= 11 is 0. The van der Waals surface area contributed by atoms with E-state index in [9.17, 15) is 4.79 Å². The first kappa shape index (κ1) is 15.8. The lowest BCUT2D eigenvalue weighted by molar-refractivity contribution is -0.148. The molecule has 0 amide bonds. The molecule has 2 saturated heterocycles. The summed E-state index contributed by atoms with van der Waals surface area (Å²) < 4.78 is 5.10. The number of esters is 1. The summed E-state index contributed by atoms with van der Waals surface area (Å²) in [7, 11) is 0.239. The number of ether oxygens (including phenoxy) is 1. The van der Waals surface area contributed by atoms with Crippen LogP contribution in [-0.4, -0.2) is 33.2 Å². The van der Waals surface area contributed by atoms with E-state index in [2.05, 4.69) is 49.2 Å². The molecular weight excluding hydrogens is 290 g/mol. The zero-order valence-electron chi connectivity index (χ0n) is 14.1. The van der Waals surface area contributed by atoms with Crippen molar-refractivity contribution < 1.29 is 9.53 Å². The van der Waals surface area contributed by atoms with Gasteiger partial charge in [0.2, 0.25) is 0 Å². The molecule has 0 radical (unpaired) electrons. The summed E-state index contributed by atoms with van der Waals surface area (Å²) in [5.74, 6) is 0.195. The second-order valence-electron chi connectivity index (χ2n) is 7.81. The number of carbonyl (C=O) groups is 1. The fourth-order valence-corrected chi connectivity index (χ4v) is 5.26. The van der Waals surface area contributed by atoms with E-state index >= 15 is 0 Å². The quantitative estimate of drug-likeness (QED) is 0.688. The zero-order valence-corrected chi connectivity index (χ0v) is 15.1. The van der Waals surface area contributed by atoms with Crippen LogP contribution >= 0.6 is 0 Å². The number of carbonyl (C=O) groups excluding carboxylic acids is 1. The van der Waals surface area contributed by atoms with Gasteiger partial charge in [-0.05, 0) is 24.8 Å². The Morgan fingerprint density at radius 2 is 1.86 bits per heavy atom. The number of hydrogen-bond donors (Lipinski definition) is 1. The SMILES string of the molecule is COC(=O)[C@H]1[C@@H](c2ccc([Si](C)(C)C)cc2)C[C@@H]2CC[C@H]1N2. The van der Waals surface area contributed by atoms with Gasteiger partial charge in [-0.2, -0.15) is 0 Å². The average Bonchev–Trinajstić information content (AvgIpc) is 2.87. The van der Waals surface area contributed by atoms with Crippen molar-refractivity contribution in [3.05, 3.63) is 29.8 Å². The van der Waals surface area contributed by atoms with Crippen molar-refractivity contribution in [3.8, 4) is 0 Å². The largest absolute Gasteiger partial charge is 0.469 e. The number of methoxy groups -OCH3 is 1. The number of rotatable bonds is 3. The van der Waals surface area contributed by atoms with Gasteiger partial charge in [-0.15, -0.1) is 0 Å². The molecule has 2 aliphatic heterocycles. The molecule has 1 N–H and O–H groups in total. The van der Waals surface area contributed by atoms with Gasteiger partial charge in [-0.3, -0.25) is 4.79 Å². The van der Waals surface area contributed by atoms with Crippen LogP contribution in [0.3, 0.4) is 0 Å². The van der Waals surface area contributed by atoms with Crippen molar-refractivity contribution in [1.82, 2.24) is 5.32 Å². The third-order valence-corrected chi connectivity index (χ3v) is 7.42. The normalized spacial score (nSPS) is 31.1. The smallest absolute Gasteiger partial charge is 0.310 e. The highest BCUT2D eigenvalue weighted by molar-refractivity contribution is 6.88. The predicted octanol–water partition coefficient (Wildman–Crippen LogP) is 2.63. The Hall–Kier alpha value is -1.13. The highest BCUT2D eigenvalue weighted by atomic mass is 28.3. The molecule has 120 valence electrons.